The van der Waals surface area contributed by atoms with E-state index in [1.807, 2.05) is 12.1 Å². The molecule has 0 atom stereocenters. The molecule has 4 rings (SSSR count). The number of H-pyrrole nitrogens is 1. The molecule has 0 spiro atoms. The van der Waals surface area contributed by atoms with Crippen LogP contribution in [0.5, 0.6) is 0 Å². The fraction of sp³-hybridized carbons (Fsp3) is 0.375. The van der Waals surface area contributed by atoms with Gasteiger partial charge in [0.1, 0.15) is 0 Å². The zero-order valence-corrected chi connectivity index (χ0v) is 17.4. The van der Waals surface area contributed by atoms with Crippen molar-refractivity contribution in [2.45, 2.75) is 26.3 Å². The first-order valence-corrected chi connectivity index (χ1v) is 10.5. The van der Waals surface area contributed by atoms with Crippen molar-refractivity contribution in [1.29, 1.82) is 0 Å². The van der Waals surface area contributed by atoms with Gasteiger partial charge in [-0.25, -0.2) is 0 Å². The van der Waals surface area contributed by atoms with Crippen LogP contribution in [-0.2, 0) is 13.0 Å². The molecule has 0 amide bonds. The monoisotopic (exact) mass is 390 g/mol. The molecule has 1 aliphatic rings. The number of hydrogen-bond acceptors (Lipinski definition) is 4. The second kappa shape index (κ2) is 8.70. The summed E-state index contributed by atoms with van der Waals surface area (Å²) in [7, 11) is 2.17. The molecule has 0 radical (unpaired) electrons. The summed E-state index contributed by atoms with van der Waals surface area (Å²) in [6, 6.07) is 16.8. The molecule has 1 aliphatic heterocycles. The second-order valence-electron chi connectivity index (χ2n) is 7.99. The average Bonchev–Trinajstić information content (AvgIpc) is 2.74. The van der Waals surface area contributed by atoms with Gasteiger partial charge in [-0.3, -0.25) is 4.79 Å². The largest absolute Gasteiger partial charge is 0.381 e. The molecule has 1 aromatic heterocycles. The Labute approximate surface area is 172 Å². The van der Waals surface area contributed by atoms with Gasteiger partial charge < -0.3 is 20.1 Å². The quantitative estimate of drug-likeness (QED) is 0.671. The minimum atomic E-state index is -0.0256. The van der Waals surface area contributed by atoms with Crippen molar-refractivity contribution >= 4 is 22.3 Å². The molecule has 5 nitrogen and oxygen atoms in total. The van der Waals surface area contributed by atoms with Crippen molar-refractivity contribution in [2.24, 2.45) is 0 Å². The van der Waals surface area contributed by atoms with E-state index in [1.165, 1.54) is 11.3 Å². The van der Waals surface area contributed by atoms with E-state index in [2.05, 4.69) is 70.5 Å². The number of benzene rings is 2. The predicted octanol–water partition coefficient (Wildman–Crippen LogP) is 3.84. The Morgan fingerprint density at radius 1 is 1.00 bits per heavy atom. The lowest BCUT2D eigenvalue weighted by molar-refractivity contribution is 0.313. The summed E-state index contributed by atoms with van der Waals surface area (Å²) >= 11 is 0. The molecule has 0 saturated carbocycles. The molecule has 3 aromatic rings. The van der Waals surface area contributed by atoms with Gasteiger partial charge in [-0.2, -0.15) is 0 Å². The predicted molar refractivity (Wildman–Crippen MR) is 122 cm³/mol. The third kappa shape index (κ3) is 4.62. The zero-order valence-electron chi connectivity index (χ0n) is 17.4. The number of rotatable bonds is 6. The molecule has 152 valence electrons. The van der Waals surface area contributed by atoms with Gasteiger partial charge in [0.2, 0.25) is 0 Å². The van der Waals surface area contributed by atoms with Crippen LogP contribution in [0.4, 0.5) is 11.4 Å². The van der Waals surface area contributed by atoms with E-state index in [9.17, 15) is 4.79 Å². The van der Waals surface area contributed by atoms with Gasteiger partial charge in [-0.05, 0) is 66.9 Å². The van der Waals surface area contributed by atoms with Crippen LogP contribution >= 0.6 is 0 Å². The molecule has 0 aliphatic carbocycles. The number of likely N-dealkylation sites (N-methyl/N-ethyl adjacent to an activating group) is 1. The number of nitrogens with one attached hydrogen (secondary N) is 2. The van der Waals surface area contributed by atoms with Gasteiger partial charge >= 0.3 is 0 Å². The van der Waals surface area contributed by atoms with E-state index in [-0.39, 0.29) is 5.56 Å². The van der Waals surface area contributed by atoms with Gasteiger partial charge in [0.25, 0.3) is 5.56 Å². The highest BCUT2D eigenvalue weighted by molar-refractivity contribution is 5.79. The standard InChI is InChI=1S/C24H30N4O/c1-3-4-18-5-10-23-19(15-18)16-20(24(29)26-23)17-25-21-6-8-22(9-7-21)28-13-11-27(2)12-14-28/h5-10,15-16,25H,3-4,11-14,17H2,1-2H3,(H,26,29). The van der Waals surface area contributed by atoms with Crippen LogP contribution < -0.4 is 15.8 Å². The highest BCUT2D eigenvalue weighted by Crippen LogP contribution is 2.20. The normalized spacial score (nSPS) is 15.0. The number of fused-ring (bicyclic) bond motifs is 1. The van der Waals surface area contributed by atoms with Crippen LogP contribution in [0.25, 0.3) is 10.9 Å². The van der Waals surface area contributed by atoms with Crippen LogP contribution in [0, 0.1) is 0 Å². The summed E-state index contributed by atoms with van der Waals surface area (Å²) in [5.41, 5.74) is 5.23. The number of nitrogens with zero attached hydrogens (tertiary/aromatic N) is 2. The maximum Gasteiger partial charge on any atom is 0.253 e. The first-order valence-electron chi connectivity index (χ1n) is 10.5. The Kier molecular flexibility index (Phi) is 5.86. The number of aryl methyl sites for hydroxylation is 1. The van der Waals surface area contributed by atoms with Crippen LogP contribution in [0.15, 0.2) is 53.3 Å². The van der Waals surface area contributed by atoms with E-state index in [0.29, 0.717) is 6.54 Å². The minimum absolute atomic E-state index is 0.0256. The summed E-state index contributed by atoms with van der Waals surface area (Å²) in [6.07, 6.45) is 2.18. The first-order chi connectivity index (χ1) is 14.1. The third-order valence-electron chi connectivity index (χ3n) is 5.74. The lowest BCUT2D eigenvalue weighted by atomic mass is 10.1. The van der Waals surface area contributed by atoms with Crippen molar-refractivity contribution in [1.82, 2.24) is 9.88 Å². The van der Waals surface area contributed by atoms with Crippen LogP contribution in [-0.4, -0.2) is 43.1 Å². The Morgan fingerprint density at radius 3 is 2.48 bits per heavy atom. The van der Waals surface area contributed by atoms with Gasteiger partial charge in [-0.1, -0.05) is 19.4 Å². The van der Waals surface area contributed by atoms with Crippen LogP contribution in [0.3, 0.4) is 0 Å². The van der Waals surface area contributed by atoms with Gasteiger partial charge in [0, 0.05) is 55.2 Å². The molecule has 2 heterocycles. The fourth-order valence-electron chi connectivity index (χ4n) is 3.93. The maximum absolute atomic E-state index is 12.4. The number of anilines is 2. The number of aromatic nitrogens is 1. The van der Waals surface area contributed by atoms with Crippen molar-refractivity contribution in [2.75, 3.05) is 43.4 Å². The van der Waals surface area contributed by atoms with E-state index < -0.39 is 0 Å². The van der Waals surface area contributed by atoms with Crippen molar-refractivity contribution in [3.05, 3.63) is 70.0 Å². The molecule has 2 N–H and O–H groups in total. The van der Waals surface area contributed by atoms with E-state index in [4.69, 9.17) is 0 Å². The Bertz CT molecular complexity index is 1020. The van der Waals surface area contributed by atoms with E-state index >= 15 is 0 Å². The van der Waals surface area contributed by atoms with E-state index in [1.54, 1.807) is 0 Å². The van der Waals surface area contributed by atoms with Crippen molar-refractivity contribution in [3.8, 4) is 0 Å². The number of hydrogen-bond donors (Lipinski definition) is 2. The van der Waals surface area contributed by atoms with Crippen molar-refractivity contribution in [3.63, 3.8) is 0 Å². The third-order valence-corrected chi connectivity index (χ3v) is 5.74. The number of aromatic amines is 1. The molecule has 0 bridgehead atoms. The maximum atomic E-state index is 12.4. The lowest BCUT2D eigenvalue weighted by Crippen LogP contribution is -2.44. The van der Waals surface area contributed by atoms with Gasteiger partial charge in [-0.15, -0.1) is 0 Å². The molecular weight excluding hydrogens is 360 g/mol. The summed E-state index contributed by atoms with van der Waals surface area (Å²) < 4.78 is 0. The number of piperazine rings is 1. The average molecular weight is 391 g/mol. The molecule has 2 aromatic carbocycles. The Balaban J connectivity index is 1.44. The van der Waals surface area contributed by atoms with Gasteiger partial charge in [0.05, 0.1) is 0 Å². The summed E-state index contributed by atoms with van der Waals surface area (Å²) in [6.45, 7) is 7.03. The second-order valence-corrected chi connectivity index (χ2v) is 7.99. The molecule has 5 heteroatoms. The molecule has 1 saturated heterocycles. The summed E-state index contributed by atoms with van der Waals surface area (Å²) in [4.78, 5) is 20.2. The van der Waals surface area contributed by atoms with Crippen molar-refractivity contribution < 1.29 is 0 Å². The first kappa shape index (κ1) is 19.5. The highest BCUT2D eigenvalue weighted by atomic mass is 16.1. The van der Waals surface area contributed by atoms with Gasteiger partial charge in [0.15, 0.2) is 0 Å². The molecule has 1 fully saturated rings. The van der Waals surface area contributed by atoms with E-state index in [0.717, 1.165) is 61.2 Å². The topological polar surface area (TPSA) is 51.4 Å². The fourth-order valence-corrected chi connectivity index (χ4v) is 3.93. The van der Waals surface area contributed by atoms with Crippen LogP contribution in [0.2, 0.25) is 0 Å². The molecule has 29 heavy (non-hydrogen) atoms. The zero-order chi connectivity index (χ0) is 20.2. The SMILES string of the molecule is CCCc1ccc2[nH]c(=O)c(CNc3ccc(N4CCN(C)CC4)cc3)cc2c1. The molecule has 0 unspecified atom stereocenters. The highest BCUT2D eigenvalue weighted by Gasteiger charge is 2.14. The minimum Gasteiger partial charge on any atom is -0.381 e. The lowest BCUT2D eigenvalue weighted by Gasteiger charge is -2.34. The smallest absolute Gasteiger partial charge is 0.253 e. The van der Waals surface area contributed by atoms with Crippen LogP contribution in [0.1, 0.15) is 24.5 Å². The number of pyridine rings is 1. The Morgan fingerprint density at radius 2 is 1.76 bits per heavy atom. The Hall–Kier alpha value is -2.79. The summed E-state index contributed by atoms with van der Waals surface area (Å²) in [5.74, 6) is 0. The molecular formula is C24H30N4O. The summed E-state index contributed by atoms with van der Waals surface area (Å²) in [5, 5.41) is 4.49.